The third-order valence-electron chi connectivity index (χ3n) is 3.38. The van der Waals surface area contributed by atoms with Gasteiger partial charge in [0.15, 0.2) is 0 Å². The lowest BCUT2D eigenvalue weighted by atomic mass is 9.92. The molecule has 0 spiro atoms. The zero-order valence-electron chi connectivity index (χ0n) is 9.76. The molecule has 4 heteroatoms. The molecule has 0 heterocycles. The average molecular weight is 257 g/mol. The zero-order chi connectivity index (χ0) is 12.3. The first kappa shape index (κ1) is 12.8. The number of halogens is 2. The Labute approximate surface area is 106 Å². The maximum atomic E-state index is 13.6. The van der Waals surface area contributed by atoms with Crippen molar-refractivity contribution in [3.8, 4) is 0 Å². The van der Waals surface area contributed by atoms with E-state index < -0.39 is 0 Å². The van der Waals surface area contributed by atoms with E-state index in [1.807, 2.05) is 0 Å². The van der Waals surface area contributed by atoms with Crippen molar-refractivity contribution < 1.29 is 4.39 Å². The van der Waals surface area contributed by atoms with Crippen LogP contribution in [0.1, 0.15) is 31.2 Å². The van der Waals surface area contributed by atoms with Crippen molar-refractivity contribution in [1.29, 1.82) is 0 Å². The van der Waals surface area contributed by atoms with E-state index in [4.69, 9.17) is 17.3 Å². The Hall–Kier alpha value is -0.640. The van der Waals surface area contributed by atoms with Gasteiger partial charge < -0.3 is 11.1 Å². The molecule has 1 aliphatic carbocycles. The van der Waals surface area contributed by atoms with Gasteiger partial charge in [0.25, 0.3) is 0 Å². The molecule has 1 saturated carbocycles. The molecule has 1 aliphatic rings. The number of benzene rings is 1. The van der Waals surface area contributed by atoms with Crippen LogP contribution in [0, 0.1) is 5.82 Å². The lowest BCUT2D eigenvalue weighted by molar-refractivity contribution is 0.340. The Morgan fingerprint density at radius 2 is 2.00 bits per heavy atom. The SMILES string of the molecule is NC1CCC(NCc2cccc(Cl)c2F)CC1. The van der Waals surface area contributed by atoms with E-state index >= 15 is 0 Å². The Morgan fingerprint density at radius 3 is 2.71 bits per heavy atom. The van der Waals surface area contributed by atoms with E-state index in [0.717, 1.165) is 25.7 Å². The lowest BCUT2D eigenvalue weighted by Crippen LogP contribution is -2.37. The summed E-state index contributed by atoms with van der Waals surface area (Å²) in [6.45, 7) is 0.534. The fourth-order valence-corrected chi connectivity index (χ4v) is 2.46. The Balaban J connectivity index is 1.87. The predicted octanol–water partition coefficient (Wildman–Crippen LogP) is 2.84. The summed E-state index contributed by atoms with van der Waals surface area (Å²) in [6, 6.07) is 5.91. The molecule has 0 unspecified atom stereocenters. The summed E-state index contributed by atoms with van der Waals surface area (Å²) in [7, 11) is 0. The molecule has 0 bridgehead atoms. The summed E-state index contributed by atoms with van der Waals surface area (Å²) >= 11 is 5.74. The van der Waals surface area contributed by atoms with Crippen LogP contribution in [0.3, 0.4) is 0 Å². The third kappa shape index (κ3) is 3.41. The molecular weight excluding hydrogens is 239 g/mol. The Morgan fingerprint density at radius 1 is 1.29 bits per heavy atom. The molecule has 0 atom stereocenters. The largest absolute Gasteiger partial charge is 0.328 e. The van der Waals surface area contributed by atoms with Gasteiger partial charge >= 0.3 is 0 Å². The van der Waals surface area contributed by atoms with Crippen LogP contribution in [0.15, 0.2) is 18.2 Å². The standard InChI is InChI=1S/C13H18ClFN2/c14-12-3-1-2-9(13(12)15)8-17-11-6-4-10(16)5-7-11/h1-3,10-11,17H,4-8,16H2. The minimum absolute atomic E-state index is 0.190. The molecule has 0 aliphatic heterocycles. The highest BCUT2D eigenvalue weighted by Crippen LogP contribution is 2.20. The Kier molecular flexibility index (Phi) is 4.37. The second kappa shape index (κ2) is 5.80. The van der Waals surface area contributed by atoms with E-state index in [0.29, 0.717) is 24.2 Å². The van der Waals surface area contributed by atoms with Crippen LogP contribution in [-0.4, -0.2) is 12.1 Å². The molecule has 17 heavy (non-hydrogen) atoms. The molecule has 0 radical (unpaired) electrons. The minimum atomic E-state index is -0.311. The third-order valence-corrected chi connectivity index (χ3v) is 3.68. The topological polar surface area (TPSA) is 38.0 Å². The smallest absolute Gasteiger partial charge is 0.146 e. The van der Waals surface area contributed by atoms with Crippen LogP contribution < -0.4 is 11.1 Å². The van der Waals surface area contributed by atoms with Crippen molar-refractivity contribution in [1.82, 2.24) is 5.32 Å². The van der Waals surface area contributed by atoms with Crippen LogP contribution >= 0.6 is 11.6 Å². The Bertz CT molecular complexity index is 376. The van der Waals surface area contributed by atoms with Gasteiger partial charge in [0, 0.05) is 24.2 Å². The molecule has 1 aromatic carbocycles. The van der Waals surface area contributed by atoms with Gasteiger partial charge in [0.2, 0.25) is 0 Å². The zero-order valence-corrected chi connectivity index (χ0v) is 10.5. The van der Waals surface area contributed by atoms with Crippen molar-refractivity contribution in [3.05, 3.63) is 34.6 Å². The van der Waals surface area contributed by atoms with Gasteiger partial charge in [0.05, 0.1) is 5.02 Å². The first-order valence-electron chi connectivity index (χ1n) is 6.08. The van der Waals surface area contributed by atoms with Crippen molar-refractivity contribution in [2.24, 2.45) is 5.73 Å². The highest BCUT2D eigenvalue weighted by atomic mass is 35.5. The quantitative estimate of drug-likeness (QED) is 0.873. The molecular formula is C13H18ClFN2. The first-order chi connectivity index (χ1) is 8.16. The van der Waals surface area contributed by atoms with E-state index in [1.54, 1.807) is 18.2 Å². The second-order valence-electron chi connectivity index (χ2n) is 4.71. The number of nitrogens with one attached hydrogen (secondary N) is 1. The highest BCUT2D eigenvalue weighted by molar-refractivity contribution is 6.30. The van der Waals surface area contributed by atoms with Gasteiger partial charge in [-0.15, -0.1) is 0 Å². The van der Waals surface area contributed by atoms with Gasteiger partial charge in [-0.05, 0) is 31.7 Å². The molecule has 2 nitrogen and oxygen atoms in total. The van der Waals surface area contributed by atoms with Crippen LogP contribution in [0.4, 0.5) is 4.39 Å². The van der Waals surface area contributed by atoms with E-state index in [2.05, 4.69) is 5.32 Å². The summed E-state index contributed by atoms with van der Waals surface area (Å²) in [5.74, 6) is -0.311. The molecule has 1 fully saturated rings. The summed E-state index contributed by atoms with van der Waals surface area (Å²) < 4.78 is 13.6. The maximum absolute atomic E-state index is 13.6. The number of rotatable bonds is 3. The van der Waals surface area contributed by atoms with Crippen molar-refractivity contribution in [3.63, 3.8) is 0 Å². The van der Waals surface area contributed by atoms with Crippen LogP contribution in [0.5, 0.6) is 0 Å². The summed E-state index contributed by atoms with van der Waals surface area (Å²) in [5.41, 5.74) is 6.47. The van der Waals surface area contributed by atoms with Gasteiger partial charge in [-0.2, -0.15) is 0 Å². The van der Waals surface area contributed by atoms with Gasteiger partial charge in [-0.25, -0.2) is 4.39 Å². The highest BCUT2D eigenvalue weighted by Gasteiger charge is 2.18. The monoisotopic (exact) mass is 256 g/mol. The number of nitrogens with two attached hydrogens (primary N) is 1. The molecule has 3 N–H and O–H groups in total. The fraction of sp³-hybridized carbons (Fsp3) is 0.538. The average Bonchev–Trinajstić information content (AvgIpc) is 2.33. The predicted molar refractivity (Wildman–Crippen MR) is 68.5 cm³/mol. The van der Waals surface area contributed by atoms with Crippen LogP contribution in [0.2, 0.25) is 5.02 Å². The van der Waals surface area contributed by atoms with E-state index in [-0.39, 0.29) is 10.8 Å². The van der Waals surface area contributed by atoms with Gasteiger partial charge in [0.1, 0.15) is 5.82 Å². The van der Waals surface area contributed by atoms with Crippen molar-refractivity contribution in [2.45, 2.75) is 44.3 Å². The van der Waals surface area contributed by atoms with Gasteiger partial charge in [-0.1, -0.05) is 23.7 Å². The normalized spacial score (nSPS) is 24.9. The van der Waals surface area contributed by atoms with Crippen LogP contribution in [-0.2, 0) is 6.54 Å². The van der Waals surface area contributed by atoms with Crippen LogP contribution in [0.25, 0.3) is 0 Å². The van der Waals surface area contributed by atoms with E-state index in [1.165, 1.54) is 0 Å². The first-order valence-corrected chi connectivity index (χ1v) is 6.46. The maximum Gasteiger partial charge on any atom is 0.146 e. The molecule has 2 rings (SSSR count). The van der Waals surface area contributed by atoms with E-state index in [9.17, 15) is 4.39 Å². The number of hydrogen-bond acceptors (Lipinski definition) is 2. The molecule has 1 aromatic rings. The van der Waals surface area contributed by atoms with Crippen molar-refractivity contribution in [2.75, 3.05) is 0 Å². The van der Waals surface area contributed by atoms with Crippen molar-refractivity contribution >= 4 is 11.6 Å². The molecule has 0 aromatic heterocycles. The fourth-order valence-electron chi connectivity index (χ4n) is 2.26. The second-order valence-corrected chi connectivity index (χ2v) is 5.11. The van der Waals surface area contributed by atoms with Gasteiger partial charge in [-0.3, -0.25) is 0 Å². The summed E-state index contributed by atoms with van der Waals surface area (Å²) in [6.07, 6.45) is 4.25. The number of hydrogen-bond donors (Lipinski definition) is 2. The molecule has 0 amide bonds. The molecule has 0 saturated heterocycles. The summed E-state index contributed by atoms with van der Waals surface area (Å²) in [5, 5.41) is 3.56. The lowest BCUT2D eigenvalue weighted by Gasteiger charge is -2.27. The summed E-state index contributed by atoms with van der Waals surface area (Å²) in [4.78, 5) is 0. The minimum Gasteiger partial charge on any atom is -0.328 e. The molecule has 94 valence electrons.